The van der Waals surface area contributed by atoms with Gasteiger partial charge in [0.2, 0.25) is 12.5 Å². The Kier molecular flexibility index (Phi) is 5.46. The first-order chi connectivity index (χ1) is 14.7. The van der Waals surface area contributed by atoms with E-state index in [-0.39, 0.29) is 6.79 Å². The number of methoxy groups -OCH3 is 3. The highest BCUT2D eigenvalue weighted by Crippen LogP contribution is 2.40. The highest BCUT2D eigenvalue weighted by Gasteiger charge is 2.17. The van der Waals surface area contributed by atoms with E-state index >= 15 is 0 Å². The molecule has 0 aliphatic carbocycles. The molecular weight excluding hydrogens is 404 g/mol. The number of fused-ring (bicyclic) bond motifs is 1. The minimum Gasteiger partial charge on any atom is -0.493 e. The smallest absolute Gasteiger partial charge is 0.231 e. The summed E-state index contributed by atoms with van der Waals surface area (Å²) in [4.78, 5) is 4.64. The maximum atomic E-state index is 9.73. The van der Waals surface area contributed by atoms with E-state index in [0.29, 0.717) is 39.3 Å². The molecular formula is C22H18N2O5S. The van der Waals surface area contributed by atoms with Crippen molar-refractivity contribution in [2.75, 3.05) is 28.1 Å². The summed E-state index contributed by atoms with van der Waals surface area (Å²) in [5.41, 5.74) is 2.83. The summed E-state index contributed by atoms with van der Waals surface area (Å²) in [6.07, 6.45) is 1.74. The molecule has 0 atom stereocenters. The zero-order valence-corrected chi connectivity index (χ0v) is 17.4. The highest BCUT2D eigenvalue weighted by atomic mass is 32.1. The summed E-state index contributed by atoms with van der Waals surface area (Å²) in [5, 5.41) is 12.2. The number of rotatable bonds is 6. The monoisotopic (exact) mass is 422 g/mol. The molecule has 0 N–H and O–H groups in total. The average molecular weight is 422 g/mol. The Hall–Kier alpha value is -3.70. The van der Waals surface area contributed by atoms with E-state index in [9.17, 15) is 5.26 Å². The fraction of sp³-hybridized carbons (Fsp3) is 0.182. The van der Waals surface area contributed by atoms with Crippen molar-refractivity contribution in [3.05, 3.63) is 46.3 Å². The van der Waals surface area contributed by atoms with Crippen molar-refractivity contribution >= 4 is 23.0 Å². The Morgan fingerprint density at radius 2 is 1.80 bits per heavy atom. The van der Waals surface area contributed by atoms with Gasteiger partial charge in [-0.25, -0.2) is 4.98 Å². The van der Waals surface area contributed by atoms with Crippen LogP contribution in [0.1, 0.15) is 10.6 Å². The normalized spacial score (nSPS) is 12.4. The molecule has 3 aromatic rings. The third kappa shape index (κ3) is 3.63. The van der Waals surface area contributed by atoms with E-state index in [1.165, 1.54) is 11.3 Å². The predicted molar refractivity (Wildman–Crippen MR) is 113 cm³/mol. The molecule has 8 heteroatoms. The quantitative estimate of drug-likeness (QED) is 0.536. The van der Waals surface area contributed by atoms with Crippen LogP contribution in [0.25, 0.3) is 22.9 Å². The van der Waals surface area contributed by atoms with Crippen molar-refractivity contribution in [3.8, 4) is 46.1 Å². The molecule has 0 unspecified atom stereocenters. The van der Waals surface area contributed by atoms with Gasteiger partial charge in [-0.3, -0.25) is 0 Å². The van der Waals surface area contributed by atoms with Crippen molar-refractivity contribution in [1.29, 1.82) is 5.26 Å². The lowest BCUT2D eigenvalue weighted by Crippen LogP contribution is -1.95. The van der Waals surface area contributed by atoms with Crippen LogP contribution in [0.15, 0.2) is 35.7 Å². The Morgan fingerprint density at radius 1 is 1.07 bits per heavy atom. The third-order valence-corrected chi connectivity index (χ3v) is 5.40. The molecule has 152 valence electrons. The Morgan fingerprint density at radius 3 is 2.47 bits per heavy atom. The lowest BCUT2D eigenvalue weighted by molar-refractivity contribution is 0.174. The fourth-order valence-corrected chi connectivity index (χ4v) is 3.87. The van der Waals surface area contributed by atoms with Crippen LogP contribution in [0.2, 0.25) is 0 Å². The predicted octanol–water partition coefficient (Wildman–Crippen LogP) is 4.63. The first-order valence-corrected chi connectivity index (χ1v) is 9.82. The SMILES string of the molecule is COc1cc(C=C(C#N)c2nc(-c3ccc4c(c3)OCO4)cs2)cc(OC)c1OC. The number of allylic oxidation sites excluding steroid dienone is 1. The molecule has 7 nitrogen and oxygen atoms in total. The second-order valence-electron chi connectivity index (χ2n) is 6.23. The van der Waals surface area contributed by atoms with Gasteiger partial charge < -0.3 is 23.7 Å². The molecule has 2 aromatic carbocycles. The second-order valence-corrected chi connectivity index (χ2v) is 7.09. The van der Waals surface area contributed by atoms with Crippen molar-refractivity contribution in [2.24, 2.45) is 0 Å². The zero-order valence-electron chi connectivity index (χ0n) is 16.6. The molecule has 4 rings (SSSR count). The highest BCUT2D eigenvalue weighted by molar-refractivity contribution is 7.11. The minimum absolute atomic E-state index is 0.219. The average Bonchev–Trinajstić information content (AvgIpc) is 3.45. The Balaban J connectivity index is 1.69. The van der Waals surface area contributed by atoms with Gasteiger partial charge in [0.25, 0.3) is 0 Å². The summed E-state index contributed by atoms with van der Waals surface area (Å²) in [6.45, 7) is 0.219. The maximum Gasteiger partial charge on any atom is 0.231 e. The summed E-state index contributed by atoms with van der Waals surface area (Å²) >= 11 is 1.40. The molecule has 0 spiro atoms. The van der Waals surface area contributed by atoms with Crippen LogP contribution >= 0.6 is 11.3 Å². The van der Waals surface area contributed by atoms with Crippen molar-refractivity contribution in [1.82, 2.24) is 4.98 Å². The number of nitrogens with zero attached hydrogens (tertiary/aromatic N) is 2. The molecule has 0 amide bonds. The molecule has 30 heavy (non-hydrogen) atoms. The Labute approximate surface area is 177 Å². The van der Waals surface area contributed by atoms with E-state index in [1.807, 2.05) is 23.6 Å². The fourth-order valence-electron chi connectivity index (χ4n) is 3.08. The lowest BCUT2D eigenvalue weighted by atomic mass is 10.1. The molecule has 0 fully saturated rings. The standard InChI is InChI=1S/C22H18N2O5S/c1-25-19-7-13(8-20(26-2)21(19)27-3)6-15(10-23)22-24-16(11-30-22)14-4-5-17-18(9-14)29-12-28-17/h4-9,11H,12H2,1-3H3. The molecule has 2 heterocycles. The molecule has 1 aliphatic heterocycles. The minimum atomic E-state index is 0.219. The number of nitriles is 1. The maximum absolute atomic E-state index is 9.73. The van der Waals surface area contributed by atoms with Crippen LogP contribution in [-0.4, -0.2) is 33.1 Å². The van der Waals surface area contributed by atoms with Gasteiger partial charge in [0.15, 0.2) is 23.0 Å². The van der Waals surface area contributed by atoms with Crippen molar-refractivity contribution in [2.45, 2.75) is 0 Å². The number of benzene rings is 2. The van der Waals surface area contributed by atoms with E-state index in [4.69, 9.17) is 23.7 Å². The number of hydrogen-bond acceptors (Lipinski definition) is 8. The van der Waals surface area contributed by atoms with Gasteiger partial charge in [0.05, 0.1) is 32.6 Å². The van der Waals surface area contributed by atoms with Crippen LogP contribution in [0.4, 0.5) is 0 Å². The third-order valence-electron chi connectivity index (χ3n) is 4.52. The number of thiazole rings is 1. The lowest BCUT2D eigenvalue weighted by Gasteiger charge is -2.13. The first kappa shape index (κ1) is 19.6. The van der Waals surface area contributed by atoms with Gasteiger partial charge in [0.1, 0.15) is 11.1 Å². The summed E-state index contributed by atoms with van der Waals surface area (Å²) in [6, 6.07) is 11.5. The molecule has 1 aliphatic rings. The second kappa shape index (κ2) is 8.35. The molecule has 0 saturated heterocycles. The van der Waals surface area contributed by atoms with Gasteiger partial charge in [-0.15, -0.1) is 11.3 Å². The van der Waals surface area contributed by atoms with Gasteiger partial charge in [0, 0.05) is 10.9 Å². The van der Waals surface area contributed by atoms with Crippen molar-refractivity contribution < 1.29 is 23.7 Å². The van der Waals surface area contributed by atoms with Gasteiger partial charge in [-0.2, -0.15) is 5.26 Å². The first-order valence-electron chi connectivity index (χ1n) is 8.94. The van der Waals surface area contributed by atoms with Crippen molar-refractivity contribution in [3.63, 3.8) is 0 Å². The summed E-state index contributed by atoms with van der Waals surface area (Å²) < 4.78 is 26.9. The van der Waals surface area contributed by atoms with Crippen LogP contribution < -0.4 is 23.7 Å². The van der Waals surface area contributed by atoms with E-state index < -0.39 is 0 Å². The molecule has 0 saturated carbocycles. The van der Waals surface area contributed by atoms with E-state index in [2.05, 4.69) is 11.1 Å². The Bertz CT molecular complexity index is 1140. The summed E-state index contributed by atoms with van der Waals surface area (Å²) in [7, 11) is 4.65. The van der Waals surface area contributed by atoms with Crippen LogP contribution in [0.5, 0.6) is 28.7 Å². The summed E-state index contributed by atoms with van der Waals surface area (Å²) in [5.74, 6) is 2.93. The van der Waals surface area contributed by atoms with E-state index in [1.54, 1.807) is 39.5 Å². The largest absolute Gasteiger partial charge is 0.493 e. The molecule has 1 aromatic heterocycles. The van der Waals surface area contributed by atoms with Crippen LogP contribution in [0.3, 0.4) is 0 Å². The molecule has 0 radical (unpaired) electrons. The van der Waals surface area contributed by atoms with Crippen LogP contribution in [0, 0.1) is 11.3 Å². The van der Waals surface area contributed by atoms with Gasteiger partial charge in [-0.05, 0) is 42.0 Å². The topological polar surface area (TPSA) is 82.8 Å². The van der Waals surface area contributed by atoms with Crippen LogP contribution in [-0.2, 0) is 0 Å². The van der Waals surface area contributed by atoms with Gasteiger partial charge >= 0.3 is 0 Å². The number of aromatic nitrogens is 1. The zero-order chi connectivity index (χ0) is 21.1. The van der Waals surface area contributed by atoms with Gasteiger partial charge in [-0.1, -0.05) is 0 Å². The molecule has 0 bridgehead atoms. The number of hydrogen-bond donors (Lipinski definition) is 0. The number of ether oxygens (including phenoxy) is 5. The van der Waals surface area contributed by atoms with E-state index in [0.717, 1.165) is 16.8 Å².